The van der Waals surface area contributed by atoms with Crippen LogP contribution >= 0.6 is 0 Å². The van der Waals surface area contributed by atoms with Gasteiger partial charge in [0.2, 0.25) is 0 Å². The molecule has 0 bridgehead atoms. The molecule has 2 rings (SSSR count). The van der Waals surface area contributed by atoms with Crippen molar-refractivity contribution in [1.82, 2.24) is 20.6 Å². The normalized spacial score (nSPS) is 26.8. The van der Waals surface area contributed by atoms with Crippen molar-refractivity contribution in [3.63, 3.8) is 0 Å². The molecule has 1 heterocycles. The summed E-state index contributed by atoms with van der Waals surface area (Å²) in [4.78, 5) is 10.7. The van der Waals surface area contributed by atoms with Gasteiger partial charge in [0.15, 0.2) is 5.82 Å². The Balaban J connectivity index is 1.93. The van der Waals surface area contributed by atoms with Crippen molar-refractivity contribution in [2.75, 3.05) is 0 Å². The van der Waals surface area contributed by atoms with E-state index < -0.39 is 5.97 Å². The average molecular weight is 182 g/mol. The standard InChI is InChI=1S/C7H10N4O2/c12-7(13)5-2-1-4(5)3-6-8-10-11-9-6/h4-5H,1-3H2,(H,12,13)(H,8,9,10,11). The van der Waals surface area contributed by atoms with Crippen molar-refractivity contribution in [1.29, 1.82) is 0 Å². The third kappa shape index (κ3) is 1.51. The molecule has 1 aliphatic rings. The molecule has 0 saturated heterocycles. The first-order valence-electron chi connectivity index (χ1n) is 4.22. The van der Waals surface area contributed by atoms with Crippen LogP contribution in [0.25, 0.3) is 0 Å². The molecule has 13 heavy (non-hydrogen) atoms. The summed E-state index contributed by atoms with van der Waals surface area (Å²) < 4.78 is 0. The lowest BCUT2D eigenvalue weighted by molar-refractivity contribution is -0.147. The highest BCUT2D eigenvalue weighted by molar-refractivity contribution is 5.71. The number of hydrogen-bond acceptors (Lipinski definition) is 4. The molecular weight excluding hydrogens is 172 g/mol. The minimum Gasteiger partial charge on any atom is -0.481 e. The Morgan fingerprint density at radius 1 is 1.62 bits per heavy atom. The first-order valence-corrected chi connectivity index (χ1v) is 4.22. The highest BCUT2D eigenvalue weighted by atomic mass is 16.4. The summed E-state index contributed by atoms with van der Waals surface area (Å²) in [6.07, 6.45) is 2.34. The third-order valence-corrected chi connectivity index (χ3v) is 2.57. The topological polar surface area (TPSA) is 91.8 Å². The number of aliphatic carboxylic acids is 1. The van der Waals surface area contributed by atoms with Gasteiger partial charge in [-0.05, 0) is 18.8 Å². The van der Waals surface area contributed by atoms with E-state index in [0.29, 0.717) is 12.2 Å². The van der Waals surface area contributed by atoms with Crippen molar-refractivity contribution in [2.24, 2.45) is 11.8 Å². The van der Waals surface area contributed by atoms with Gasteiger partial charge in [-0.2, -0.15) is 5.21 Å². The predicted molar refractivity (Wildman–Crippen MR) is 41.7 cm³/mol. The molecule has 0 amide bonds. The number of nitrogens with zero attached hydrogens (tertiary/aromatic N) is 3. The molecule has 1 saturated carbocycles. The summed E-state index contributed by atoms with van der Waals surface area (Å²) in [5.74, 6) is -0.121. The smallest absolute Gasteiger partial charge is 0.306 e. The molecule has 0 radical (unpaired) electrons. The fraction of sp³-hybridized carbons (Fsp3) is 0.714. The van der Waals surface area contributed by atoms with Crippen LogP contribution in [0.2, 0.25) is 0 Å². The molecular formula is C7H10N4O2. The Labute approximate surface area is 74.3 Å². The summed E-state index contributed by atoms with van der Waals surface area (Å²) in [5, 5.41) is 22.1. The Bertz CT molecular complexity index is 297. The quantitative estimate of drug-likeness (QED) is 0.678. The SMILES string of the molecule is O=C(O)C1CCC1Cc1nn[nH]n1. The van der Waals surface area contributed by atoms with E-state index in [9.17, 15) is 4.79 Å². The van der Waals surface area contributed by atoms with E-state index in [0.717, 1.165) is 12.8 Å². The number of carboxylic acid groups (broad SMARTS) is 1. The van der Waals surface area contributed by atoms with E-state index in [1.165, 1.54) is 0 Å². The molecule has 1 aliphatic carbocycles. The van der Waals surface area contributed by atoms with E-state index in [-0.39, 0.29) is 11.8 Å². The van der Waals surface area contributed by atoms with Crippen LogP contribution in [0.3, 0.4) is 0 Å². The molecule has 0 aromatic carbocycles. The Morgan fingerprint density at radius 2 is 2.46 bits per heavy atom. The zero-order valence-electron chi connectivity index (χ0n) is 6.97. The van der Waals surface area contributed by atoms with E-state index >= 15 is 0 Å². The summed E-state index contributed by atoms with van der Waals surface area (Å²) in [6, 6.07) is 0. The minimum absolute atomic E-state index is 0.190. The van der Waals surface area contributed by atoms with Gasteiger partial charge in [0, 0.05) is 6.42 Å². The molecule has 0 aliphatic heterocycles. The maximum Gasteiger partial charge on any atom is 0.306 e. The van der Waals surface area contributed by atoms with Gasteiger partial charge in [-0.15, -0.1) is 10.2 Å². The molecule has 1 aromatic rings. The van der Waals surface area contributed by atoms with Crippen LogP contribution in [0.5, 0.6) is 0 Å². The second-order valence-electron chi connectivity index (χ2n) is 3.31. The fourth-order valence-corrected chi connectivity index (χ4v) is 1.64. The summed E-state index contributed by atoms with van der Waals surface area (Å²) in [5.41, 5.74) is 0. The largest absolute Gasteiger partial charge is 0.481 e. The van der Waals surface area contributed by atoms with Gasteiger partial charge >= 0.3 is 5.97 Å². The van der Waals surface area contributed by atoms with Crippen molar-refractivity contribution in [3.05, 3.63) is 5.82 Å². The zero-order valence-corrected chi connectivity index (χ0v) is 6.97. The molecule has 2 unspecified atom stereocenters. The van der Waals surface area contributed by atoms with Crippen LogP contribution in [0, 0.1) is 11.8 Å². The Kier molecular flexibility index (Phi) is 1.96. The van der Waals surface area contributed by atoms with Gasteiger partial charge in [0.05, 0.1) is 5.92 Å². The maximum atomic E-state index is 10.7. The lowest BCUT2D eigenvalue weighted by Gasteiger charge is -2.32. The Hall–Kier alpha value is -1.46. The fourth-order valence-electron chi connectivity index (χ4n) is 1.64. The Morgan fingerprint density at radius 3 is 2.92 bits per heavy atom. The monoisotopic (exact) mass is 182 g/mol. The van der Waals surface area contributed by atoms with Crippen molar-refractivity contribution >= 4 is 5.97 Å². The molecule has 1 aromatic heterocycles. The number of hydrogen-bond donors (Lipinski definition) is 2. The van der Waals surface area contributed by atoms with E-state index in [2.05, 4.69) is 20.6 Å². The first kappa shape index (κ1) is 8.15. The van der Waals surface area contributed by atoms with Crippen molar-refractivity contribution in [2.45, 2.75) is 19.3 Å². The zero-order chi connectivity index (χ0) is 9.26. The highest BCUT2D eigenvalue weighted by Gasteiger charge is 2.37. The third-order valence-electron chi connectivity index (χ3n) is 2.57. The number of H-pyrrole nitrogens is 1. The molecule has 6 heteroatoms. The van der Waals surface area contributed by atoms with Crippen LogP contribution in [0.15, 0.2) is 0 Å². The number of aromatic nitrogens is 4. The number of tetrazole rings is 1. The van der Waals surface area contributed by atoms with Crippen molar-refractivity contribution < 1.29 is 9.90 Å². The van der Waals surface area contributed by atoms with Gasteiger partial charge in [-0.1, -0.05) is 5.21 Å². The van der Waals surface area contributed by atoms with Gasteiger partial charge < -0.3 is 5.11 Å². The number of carbonyl (C=O) groups is 1. The summed E-state index contributed by atoms with van der Waals surface area (Å²) in [7, 11) is 0. The van der Waals surface area contributed by atoms with E-state index in [4.69, 9.17) is 5.11 Å². The summed E-state index contributed by atoms with van der Waals surface area (Å²) in [6.45, 7) is 0. The van der Waals surface area contributed by atoms with Crippen LogP contribution in [0.1, 0.15) is 18.7 Å². The number of nitrogens with one attached hydrogen (secondary N) is 1. The average Bonchev–Trinajstić information content (AvgIpc) is 2.48. The van der Waals surface area contributed by atoms with Gasteiger partial charge in [0.25, 0.3) is 0 Å². The molecule has 0 spiro atoms. The van der Waals surface area contributed by atoms with Crippen molar-refractivity contribution in [3.8, 4) is 0 Å². The van der Waals surface area contributed by atoms with Gasteiger partial charge in [0.1, 0.15) is 0 Å². The first-order chi connectivity index (χ1) is 6.27. The highest BCUT2D eigenvalue weighted by Crippen LogP contribution is 2.36. The maximum absolute atomic E-state index is 10.7. The van der Waals surface area contributed by atoms with E-state index in [1.807, 2.05) is 0 Å². The minimum atomic E-state index is -0.709. The lowest BCUT2D eigenvalue weighted by Crippen LogP contribution is -2.34. The van der Waals surface area contributed by atoms with Crippen LogP contribution in [-0.2, 0) is 11.2 Å². The second-order valence-corrected chi connectivity index (χ2v) is 3.31. The lowest BCUT2D eigenvalue weighted by atomic mass is 9.72. The van der Waals surface area contributed by atoms with Gasteiger partial charge in [-0.3, -0.25) is 4.79 Å². The molecule has 70 valence electrons. The van der Waals surface area contributed by atoms with Crippen LogP contribution < -0.4 is 0 Å². The predicted octanol–water partition coefficient (Wildman–Crippen LogP) is -0.147. The number of rotatable bonds is 3. The van der Waals surface area contributed by atoms with Gasteiger partial charge in [-0.25, -0.2) is 0 Å². The summed E-state index contributed by atoms with van der Waals surface area (Å²) >= 11 is 0. The number of carboxylic acids is 1. The number of aromatic amines is 1. The van der Waals surface area contributed by atoms with E-state index in [1.54, 1.807) is 0 Å². The second kappa shape index (κ2) is 3.12. The molecule has 2 atom stereocenters. The molecule has 6 nitrogen and oxygen atoms in total. The van der Waals surface area contributed by atoms with Crippen LogP contribution in [-0.4, -0.2) is 31.7 Å². The molecule has 1 fully saturated rings. The molecule has 2 N–H and O–H groups in total. The van der Waals surface area contributed by atoms with Crippen LogP contribution in [0.4, 0.5) is 0 Å².